The second-order valence-corrected chi connectivity index (χ2v) is 4.13. The number of oxazole rings is 1. The second-order valence-electron chi connectivity index (χ2n) is 3.34. The van der Waals surface area contributed by atoms with Gasteiger partial charge in [0.1, 0.15) is 5.52 Å². The summed E-state index contributed by atoms with van der Waals surface area (Å²) < 4.78 is 5.56. The number of hydrogen-bond donors (Lipinski definition) is 0. The van der Waals surface area contributed by atoms with Gasteiger partial charge in [0.2, 0.25) is 0 Å². The molecule has 0 atom stereocenters. The van der Waals surface area contributed by atoms with Crippen LogP contribution in [0.15, 0.2) is 22.6 Å². The molecule has 80 valence electrons. The number of nitrogens with zero attached hydrogens (tertiary/aromatic N) is 1. The van der Waals surface area contributed by atoms with Gasteiger partial charge in [-0.3, -0.25) is 0 Å². The molecule has 0 saturated heterocycles. The maximum atomic E-state index is 5.98. The predicted octanol–water partition coefficient (Wildman–Crippen LogP) is 4.04. The van der Waals surface area contributed by atoms with Crippen LogP contribution >= 0.6 is 23.2 Å². The molecular formula is C11H11Cl2NO. The molecule has 15 heavy (non-hydrogen) atoms. The molecule has 2 nitrogen and oxygen atoms in total. The van der Waals surface area contributed by atoms with E-state index in [4.69, 9.17) is 27.6 Å². The average molecular weight is 244 g/mol. The van der Waals surface area contributed by atoms with Crippen molar-refractivity contribution >= 4 is 34.3 Å². The van der Waals surface area contributed by atoms with Crippen molar-refractivity contribution in [2.24, 2.45) is 0 Å². The fourth-order valence-corrected chi connectivity index (χ4v) is 1.84. The number of fused-ring (bicyclic) bond motifs is 1. The molecule has 0 unspecified atom stereocenters. The molecule has 0 bridgehead atoms. The van der Waals surface area contributed by atoms with Gasteiger partial charge in [-0.15, -0.1) is 11.6 Å². The third-order valence-corrected chi connectivity index (χ3v) is 2.75. The van der Waals surface area contributed by atoms with Crippen molar-refractivity contribution in [1.29, 1.82) is 0 Å². The Morgan fingerprint density at radius 2 is 2.13 bits per heavy atom. The zero-order chi connectivity index (χ0) is 10.7. The molecule has 1 heterocycles. The topological polar surface area (TPSA) is 26.0 Å². The van der Waals surface area contributed by atoms with Gasteiger partial charge in [-0.25, -0.2) is 4.98 Å². The summed E-state index contributed by atoms with van der Waals surface area (Å²) in [5.74, 6) is 1.42. The number of para-hydroxylation sites is 1. The van der Waals surface area contributed by atoms with Crippen LogP contribution in [0.4, 0.5) is 0 Å². The number of rotatable bonds is 4. The lowest BCUT2D eigenvalue weighted by Crippen LogP contribution is -1.85. The molecule has 0 spiro atoms. The summed E-state index contributed by atoms with van der Waals surface area (Å²) in [5.41, 5.74) is 1.50. The van der Waals surface area contributed by atoms with Gasteiger partial charge < -0.3 is 4.42 Å². The summed E-state index contributed by atoms with van der Waals surface area (Å²) in [6, 6.07) is 5.57. The maximum Gasteiger partial charge on any atom is 0.195 e. The average Bonchev–Trinajstić information content (AvgIpc) is 2.63. The number of alkyl halides is 1. The fourth-order valence-electron chi connectivity index (χ4n) is 1.44. The Balaban J connectivity index is 2.20. The van der Waals surface area contributed by atoms with Crippen molar-refractivity contribution in [3.63, 3.8) is 0 Å². The van der Waals surface area contributed by atoms with E-state index >= 15 is 0 Å². The van der Waals surface area contributed by atoms with Crippen LogP contribution < -0.4 is 0 Å². The molecule has 0 fully saturated rings. The quantitative estimate of drug-likeness (QED) is 0.599. The summed E-state index contributed by atoms with van der Waals surface area (Å²) in [6.45, 7) is 0. The lowest BCUT2D eigenvalue weighted by atomic mass is 10.2. The smallest absolute Gasteiger partial charge is 0.195 e. The van der Waals surface area contributed by atoms with Crippen LogP contribution in [0.5, 0.6) is 0 Å². The Morgan fingerprint density at radius 1 is 1.27 bits per heavy atom. The largest absolute Gasteiger partial charge is 0.439 e. The Hall–Kier alpha value is -0.730. The van der Waals surface area contributed by atoms with Gasteiger partial charge in [-0.1, -0.05) is 17.7 Å². The third-order valence-electron chi connectivity index (χ3n) is 2.19. The SMILES string of the molecule is ClCCCCc1nc2cccc(Cl)c2o1. The lowest BCUT2D eigenvalue weighted by Gasteiger charge is -1.92. The van der Waals surface area contributed by atoms with Gasteiger partial charge in [0, 0.05) is 12.3 Å². The van der Waals surface area contributed by atoms with E-state index in [1.54, 1.807) is 6.07 Å². The summed E-state index contributed by atoms with van der Waals surface area (Å²) in [5, 5.41) is 0.614. The van der Waals surface area contributed by atoms with Crippen molar-refractivity contribution < 1.29 is 4.42 Å². The van der Waals surface area contributed by atoms with Crippen LogP contribution in [0.1, 0.15) is 18.7 Å². The van der Waals surface area contributed by atoms with E-state index in [0.29, 0.717) is 16.5 Å². The molecular weight excluding hydrogens is 233 g/mol. The first kappa shape index (κ1) is 10.8. The van der Waals surface area contributed by atoms with Crippen molar-refractivity contribution in [1.82, 2.24) is 4.98 Å². The normalized spacial score (nSPS) is 11.1. The van der Waals surface area contributed by atoms with Crippen LogP contribution in [0.2, 0.25) is 5.02 Å². The molecule has 1 aromatic heterocycles. The van der Waals surface area contributed by atoms with Gasteiger partial charge >= 0.3 is 0 Å². The third kappa shape index (κ3) is 2.44. The number of unbranched alkanes of at least 4 members (excludes halogenated alkanes) is 1. The van der Waals surface area contributed by atoms with E-state index < -0.39 is 0 Å². The first-order chi connectivity index (χ1) is 7.31. The Bertz CT molecular complexity index is 453. The molecule has 2 rings (SSSR count). The van der Waals surface area contributed by atoms with Crippen LogP contribution in [0, 0.1) is 0 Å². The van der Waals surface area contributed by atoms with Crippen molar-refractivity contribution in [2.75, 3.05) is 5.88 Å². The summed E-state index contributed by atoms with van der Waals surface area (Å²) >= 11 is 11.6. The monoisotopic (exact) mass is 243 g/mol. The Labute approximate surface area is 98.2 Å². The lowest BCUT2D eigenvalue weighted by molar-refractivity contribution is 0.518. The first-order valence-electron chi connectivity index (χ1n) is 4.91. The highest BCUT2D eigenvalue weighted by Gasteiger charge is 2.07. The zero-order valence-corrected chi connectivity index (χ0v) is 9.68. The first-order valence-corrected chi connectivity index (χ1v) is 5.82. The molecule has 0 N–H and O–H groups in total. The van der Waals surface area contributed by atoms with Crippen molar-refractivity contribution in [3.05, 3.63) is 29.1 Å². The van der Waals surface area contributed by atoms with Gasteiger partial charge in [0.05, 0.1) is 5.02 Å². The minimum Gasteiger partial charge on any atom is -0.439 e. The van der Waals surface area contributed by atoms with E-state index in [1.807, 2.05) is 12.1 Å². The standard InChI is InChI=1S/C11H11Cl2NO/c12-7-2-1-6-10-14-9-5-3-4-8(13)11(9)15-10/h3-5H,1-2,6-7H2. The van der Waals surface area contributed by atoms with Gasteiger partial charge in [-0.2, -0.15) is 0 Å². The maximum absolute atomic E-state index is 5.98. The van der Waals surface area contributed by atoms with E-state index in [2.05, 4.69) is 4.98 Å². The molecule has 0 saturated carbocycles. The molecule has 2 aromatic rings. The van der Waals surface area contributed by atoms with Crippen molar-refractivity contribution in [3.8, 4) is 0 Å². The predicted molar refractivity (Wildman–Crippen MR) is 62.7 cm³/mol. The van der Waals surface area contributed by atoms with Crippen LogP contribution in [-0.4, -0.2) is 10.9 Å². The molecule has 0 aliphatic heterocycles. The minimum absolute atomic E-state index is 0.614. The van der Waals surface area contributed by atoms with Crippen LogP contribution in [0.25, 0.3) is 11.1 Å². The molecule has 0 radical (unpaired) electrons. The highest BCUT2D eigenvalue weighted by atomic mass is 35.5. The zero-order valence-electron chi connectivity index (χ0n) is 8.17. The summed E-state index contributed by atoms with van der Waals surface area (Å²) in [4.78, 5) is 4.35. The van der Waals surface area contributed by atoms with E-state index in [1.165, 1.54) is 0 Å². The van der Waals surface area contributed by atoms with E-state index in [-0.39, 0.29) is 0 Å². The van der Waals surface area contributed by atoms with Gasteiger partial charge in [0.15, 0.2) is 11.5 Å². The molecule has 0 amide bonds. The van der Waals surface area contributed by atoms with Crippen molar-refractivity contribution in [2.45, 2.75) is 19.3 Å². The molecule has 1 aromatic carbocycles. The van der Waals surface area contributed by atoms with Gasteiger partial charge in [0.25, 0.3) is 0 Å². The summed E-state index contributed by atoms with van der Waals surface area (Å²) in [7, 11) is 0. The Kier molecular flexibility index (Phi) is 3.49. The van der Waals surface area contributed by atoms with E-state index in [9.17, 15) is 0 Å². The fraction of sp³-hybridized carbons (Fsp3) is 0.364. The molecule has 4 heteroatoms. The summed E-state index contributed by atoms with van der Waals surface area (Å²) in [6.07, 6.45) is 2.79. The number of hydrogen-bond acceptors (Lipinski definition) is 2. The molecule has 0 aliphatic rings. The van der Waals surface area contributed by atoms with Gasteiger partial charge in [-0.05, 0) is 25.0 Å². The molecule has 0 aliphatic carbocycles. The highest BCUT2D eigenvalue weighted by molar-refractivity contribution is 6.34. The Morgan fingerprint density at radius 3 is 2.87 bits per heavy atom. The number of aryl methyl sites for hydroxylation is 1. The van der Waals surface area contributed by atoms with E-state index in [0.717, 1.165) is 30.7 Å². The minimum atomic E-state index is 0.614. The highest BCUT2D eigenvalue weighted by Crippen LogP contribution is 2.24. The van der Waals surface area contributed by atoms with Crippen LogP contribution in [0.3, 0.4) is 0 Å². The number of benzene rings is 1. The second kappa shape index (κ2) is 4.86. The number of halogens is 2. The number of aromatic nitrogens is 1. The van der Waals surface area contributed by atoms with Crippen LogP contribution in [-0.2, 0) is 6.42 Å².